The van der Waals surface area contributed by atoms with E-state index in [1.165, 1.54) is 0 Å². The quantitative estimate of drug-likeness (QED) is 0.903. The van der Waals surface area contributed by atoms with E-state index in [1.54, 1.807) is 18.4 Å². The summed E-state index contributed by atoms with van der Waals surface area (Å²) < 4.78 is 5.27. The number of methoxy groups -OCH3 is 1. The fourth-order valence-corrected chi connectivity index (χ4v) is 3.15. The van der Waals surface area contributed by atoms with Crippen LogP contribution in [0.2, 0.25) is 0 Å². The molecule has 0 atom stereocenters. The minimum Gasteiger partial charge on any atom is -0.496 e. The van der Waals surface area contributed by atoms with E-state index in [0.29, 0.717) is 6.42 Å². The number of aryl methyl sites for hydroxylation is 1. The lowest BCUT2D eigenvalue weighted by atomic mass is 10.1. The molecule has 3 rings (SSSR count). The van der Waals surface area contributed by atoms with Gasteiger partial charge in [0.15, 0.2) is 0 Å². The number of aromatic nitrogens is 2. The van der Waals surface area contributed by atoms with Crippen molar-refractivity contribution in [2.75, 3.05) is 25.1 Å². The third-order valence-electron chi connectivity index (χ3n) is 3.58. The molecule has 1 N–H and O–H groups in total. The maximum Gasteiger partial charge on any atom is 0.224 e. The van der Waals surface area contributed by atoms with Gasteiger partial charge in [0.05, 0.1) is 19.6 Å². The fraction of sp³-hybridized carbons (Fsp3) is 0.400. The molecule has 0 spiro atoms. The number of carbonyl (C=O) groups excluding carboxylic acids is 1. The second-order valence-corrected chi connectivity index (χ2v) is 6.42. The summed E-state index contributed by atoms with van der Waals surface area (Å²) in [7, 11) is 1.62. The Labute approximate surface area is 133 Å². The van der Waals surface area contributed by atoms with Gasteiger partial charge in [0.1, 0.15) is 10.8 Å². The molecule has 7 heteroatoms. The van der Waals surface area contributed by atoms with E-state index in [1.807, 2.05) is 31.2 Å². The van der Waals surface area contributed by atoms with Crippen LogP contribution < -0.4 is 15.0 Å². The number of para-hydroxylation sites is 1. The van der Waals surface area contributed by atoms with E-state index in [4.69, 9.17) is 4.74 Å². The number of hydrogen-bond donors (Lipinski definition) is 1. The van der Waals surface area contributed by atoms with E-state index in [9.17, 15) is 4.79 Å². The molecule has 0 aliphatic carbocycles. The molecular weight excluding hydrogens is 300 g/mol. The highest BCUT2D eigenvalue weighted by atomic mass is 32.1. The molecule has 1 saturated heterocycles. The number of benzene rings is 1. The monoisotopic (exact) mass is 318 g/mol. The summed E-state index contributed by atoms with van der Waals surface area (Å²) in [5.74, 6) is 0.764. The lowest BCUT2D eigenvalue weighted by Gasteiger charge is -2.39. The molecule has 116 valence electrons. The first-order valence-electron chi connectivity index (χ1n) is 7.12. The Bertz CT molecular complexity index is 667. The van der Waals surface area contributed by atoms with E-state index in [-0.39, 0.29) is 11.9 Å². The molecule has 0 unspecified atom stereocenters. The van der Waals surface area contributed by atoms with Crippen molar-refractivity contribution in [3.05, 3.63) is 34.8 Å². The van der Waals surface area contributed by atoms with Gasteiger partial charge >= 0.3 is 0 Å². The van der Waals surface area contributed by atoms with Gasteiger partial charge in [0.25, 0.3) is 0 Å². The summed E-state index contributed by atoms with van der Waals surface area (Å²) in [6.07, 6.45) is 0.332. The highest BCUT2D eigenvalue weighted by Crippen LogP contribution is 2.24. The standard InChI is InChI=1S/C15H18N4O2S/c1-10-17-18-15(22-10)19-8-12(9-19)16-14(20)7-11-5-3-4-6-13(11)21-2/h3-6,12H,7-9H2,1-2H3,(H,16,20). The van der Waals surface area contributed by atoms with Gasteiger partial charge in [-0.25, -0.2) is 0 Å². The summed E-state index contributed by atoms with van der Waals surface area (Å²) >= 11 is 1.57. The van der Waals surface area contributed by atoms with Crippen molar-refractivity contribution < 1.29 is 9.53 Å². The van der Waals surface area contributed by atoms with Gasteiger partial charge in [-0.05, 0) is 13.0 Å². The number of hydrogen-bond acceptors (Lipinski definition) is 6. The SMILES string of the molecule is COc1ccccc1CC(=O)NC1CN(c2nnc(C)s2)C1. The largest absolute Gasteiger partial charge is 0.496 e. The second-order valence-electron chi connectivity index (χ2n) is 5.26. The lowest BCUT2D eigenvalue weighted by Crippen LogP contribution is -2.59. The van der Waals surface area contributed by atoms with Gasteiger partial charge in [-0.3, -0.25) is 4.79 Å². The van der Waals surface area contributed by atoms with Crippen molar-refractivity contribution in [3.63, 3.8) is 0 Å². The van der Waals surface area contributed by atoms with Crippen LogP contribution in [0.15, 0.2) is 24.3 Å². The minimum absolute atomic E-state index is 0.0163. The molecule has 0 saturated carbocycles. The molecule has 1 amide bonds. The maximum atomic E-state index is 12.1. The predicted molar refractivity (Wildman–Crippen MR) is 85.5 cm³/mol. The van der Waals surface area contributed by atoms with Crippen molar-refractivity contribution in [2.24, 2.45) is 0 Å². The summed E-state index contributed by atoms with van der Waals surface area (Å²) in [4.78, 5) is 14.2. The highest BCUT2D eigenvalue weighted by molar-refractivity contribution is 7.15. The third kappa shape index (κ3) is 3.19. The summed E-state index contributed by atoms with van der Waals surface area (Å²) in [5, 5.41) is 13.0. The first-order chi connectivity index (χ1) is 10.7. The molecule has 22 heavy (non-hydrogen) atoms. The Morgan fingerprint density at radius 2 is 2.18 bits per heavy atom. The molecule has 2 heterocycles. The average molecular weight is 318 g/mol. The molecular formula is C15H18N4O2S. The average Bonchev–Trinajstić information content (AvgIpc) is 2.89. The van der Waals surface area contributed by atoms with Gasteiger partial charge in [0.2, 0.25) is 11.0 Å². The molecule has 2 aromatic rings. The lowest BCUT2D eigenvalue weighted by molar-refractivity contribution is -0.121. The van der Waals surface area contributed by atoms with Crippen molar-refractivity contribution in [1.82, 2.24) is 15.5 Å². The van der Waals surface area contributed by atoms with Gasteiger partial charge in [-0.15, -0.1) is 10.2 Å². The molecule has 1 aliphatic rings. The van der Waals surface area contributed by atoms with Crippen molar-refractivity contribution >= 4 is 22.4 Å². The zero-order valence-corrected chi connectivity index (χ0v) is 13.4. The Hall–Kier alpha value is -2.15. The van der Waals surface area contributed by atoms with Crippen molar-refractivity contribution in [1.29, 1.82) is 0 Å². The first-order valence-corrected chi connectivity index (χ1v) is 7.93. The normalized spacial score (nSPS) is 14.5. The summed E-state index contributed by atoms with van der Waals surface area (Å²) in [6, 6.07) is 7.76. The van der Waals surface area contributed by atoms with Crippen LogP contribution >= 0.6 is 11.3 Å². The topological polar surface area (TPSA) is 67.3 Å². The zero-order valence-electron chi connectivity index (χ0n) is 12.6. The number of anilines is 1. The number of carbonyl (C=O) groups is 1. The van der Waals surface area contributed by atoms with Crippen LogP contribution in [0, 0.1) is 6.92 Å². The summed E-state index contributed by atoms with van der Waals surface area (Å²) in [6.45, 7) is 3.51. The number of rotatable bonds is 5. The Balaban J connectivity index is 1.49. The van der Waals surface area contributed by atoms with E-state index in [2.05, 4.69) is 20.4 Å². The number of amides is 1. The Morgan fingerprint density at radius 3 is 2.86 bits per heavy atom. The number of nitrogens with one attached hydrogen (secondary N) is 1. The van der Waals surface area contributed by atoms with Crippen LogP contribution in [0.3, 0.4) is 0 Å². The first kappa shape index (κ1) is 14.8. The van der Waals surface area contributed by atoms with Crippen LogP contribution in [0.25, 0.3) is 0 Å². The second kappa shape index (κ2) is 6.31. The maximum absolute atomic E-state index is 12.1. The van der Waals surface area contributed by atoms with Crippen LogP contribution in [-0.4, -0.2) is 42.3 Å². The van der Waals surface area contributed by atoms with E-state index < -0.39 is 0 Å². The van der Waals surface area contributed by atoms with Gasteiger partial charge < -0.3 is 15.0 Å². The van der Waals surface area contributed by atoms with Crippen LogP contribution in [0.5, 0.6) is 5.75 Å². The molecule has 6 nitrogen and oxygen atoms in total. The predicted octanol–water partition coefficient (Wildman–Crippen LogP) is 1.40. The van der Waals surface area contributed by atoms with E-state index in [0.717, 1.165) is 34.5 Å². The van der Waals surface area contributed by atoms with Crippen LogP contribution in [0.1, 0.15) is 10.6 Å². The minimum atomic E-state index is 0.0163. The molecule has 1 aliphatic heterocycles. The van der Waals surface area contributed by atoms with Crippen LogP contribution in [-0.2, 0) is 11.2 Å². The third-order valence-corrected chi connectivity index (χ3v) is 4.48. The summed E-state index contributed by atoms with van der Waals surface area (Å²) in [5.41, 5.74) is 0.901. The van der Waals surface area contributed by atoms with Crippen molar-refractivity contribution in [2.45, 2.75) is 19.4 Å². The smallest absolute Gasteiger partial charge is 0.224 e. The van der Waals surface area contributed by atoms with E-state index >= 15 is 0 Å². The van der Waals surface area contributed by atoms with Gasteiger partial charge in [-0.2, -0.15) is 0 Å². The zero-order chi connectivity index (χ0) is 15.5. The number of nitrogens with zero attached hydrogens (tertiary/aromatic N) is 3. The molecule has 1 aromatic heterocycles. The number of ether oxygens (including phenoxy) is 1. The Kier molecular flexibility index (Phi) is 4.24. The Morgan fingerprint density at radius 1 is 1.41 bits per heavy atom. The molecule has 0 radical (unpaired) electrons. The molecule has 1 aromatic carbocycles. The highest BCUT2D eigenvalue weighted by Gasteiger charge is 2.30. The van der Waals surface area contributed by atoms with Gasteiger partial charge in [0, 0.05) is 18.7 Å². The fourth-order valence-electron chi connectivity index (χ4n) is 2.44. The molecule has 1 fully saturated rings. The van der Waals surface area contributed by atoms with Crippen LogP contribution in [0.4, 0.5) is 5.13 Å². The molecule has 0 bridgehead atoms. The van der Waals surface area contributed by atoms with Gasteiger partial charge in [-0.1, -0.05) is 29.5 Å². The van der Waals surface area contributed by atoms with Crippen molar-refractivity contribution in [3.8, 4) is 5.75 Å².